The molecule has 7 heteroatoms. The van der Waals surface area contributed by atoms with Crippen LogP contribution in [0.2, 0.25) is 5.02 Å². The lowest BCUT2D eigenvalue weighted by Crippen LogP contribution is -2.14. The standard InChI is InChI=1S/C20H18ClN3O3/c21-17-2-1-7-22-18(17)19(25)24-15-3-4-16-14(10-15)5-8-23-20(16)27-12-13-6-9-26-11-13/h1-5,7-8,10,13H,6,9,11-12H2,(H,24,25). The van der Waals surface area contributed by atoms with Gasteiger partial charge in [0.15, 0.2) is 0 Å². The van der Waals surface area contributed by atoms with Crippen LogP contribution in [0.5, 0.6) is 5.88 Å². The van der Waals surface area contributed by atoms with E-state index in [0.717, 1.165) is 30.4 Å². The third-order valence-electron chi connectivity index (χ3n) is 4.44. The summed E-state index contributed by atoms with van der Waals surface area (Å²) in [6.07, 6.45) is 4.24. The van der Waals surface area contributed by atoms with Crippen molar-refractivity contribution in [3.63, 3.8) is 0 Å². The van der Waals surface area contributed by atoms with Crippen molar-refractivity contribution in [3.8, 4) is 5.88 Å². The van der Waals surface area contributed by atoms with Crippen LogP contribution in [0.25, 0.3) is 10.8 Å². The van der Waals surface area contributed by atoms with Gasteiger partial charge in [0, 0.05) is 36.0 Å². The number of nitrogens with zero attached hydrogens (tertiary/aromatic N) is 2. The number of carbonyl (C=O) groups is 1. The zero-order chi connectivity index (χ0) is 18.6. The Morgan fingerprint density at radius 3 is 3.00 bits per heavy atom. The number of rotatable bonds is 5. The molecule has 138 valence electrons. The first-order valence-corrected chi connectivity index (χ1v) is 9.09. The second-order valence-electron chi connectivity index (χ2n) is 6.38. The minimum atomic E-state index is -0.355. The number of aromatic nitrogens is 2. The minimum absolute atomic E-state index is 0.191. The Bertz CT molecular complexity index is 974. The summed E-state index contributed by atoms with van der Waals surface area (Å²) in [4.78, 5) is 20.7. The topological polar surface area (TPSA) is 73.3 Å². The van der Waals surface area contributed by atoms with E-state index in [1.54, 1.807) is 18.3 Å². The summed E-state index contributed by atoms with van der Waals surface area (Å²) in [6.45, 7) is 2.11. The maximum Gasteiger partial charge on any atom is 0.275 e. The smallest absolute Gasteiger partial charge is 0.275 e. The van der Waals surface area contributed by atoms with Crippen molar-refractivity contribution in [2.45, 2.75) is 6.42 Å². The molecule has 1 saturated heterocycles. The van der Waals surface area contributed by atoms with Gasteiger partial charge in [-0.25, -0.2) is 9.97 Å². The van der Waals surface area contributed by atoms with Crippen LogP contribution in [0.3, 0.4) is 0 Å². The normalized spacial score (nSPS) is 16.4. The Kier molecular flexibility index (Phi) is 5.18. The van der Waals surface area contributed by atoms with Gasteiger partial charge in [-0.2, -0.15) is 0 Å². The highest BCUT2D eigenvalue weighted by Gasteiger charge is 2.17. The fourth-order valence-corrected chi connectivity index (χ4v) is 3.20. The number of halogens is 1. The molecule has 1 N–H and O–H groups in total. The van der Waals surface area contributed by atoms with E-state index in [2.05, 4.69) is 15.3 Å². The zero-order valence-electron chi connectivity index (χ0n) is 14.5. The molecule has 0 saturated carbocycles. The second kappa shape index (κ2) is 7.90. The molecule has 1 aliphatic heterocycles. The number of carbonyl (C=O) groups excluding carboxylic acids is 1. The van der Waals surface area contributed by atoms with Crippen LogP contribution >= 0.6 is 11.6 Å². The molecule has 0 radical (unpaired) electrons. The molecule has 1 aliphatic rings. The van der Waals surface area contributed by atoms with Crippen LogP contribution in [0.4, 0.5) is 5.69 Å². The molecule has 27 heavy (non-hydrogen) atoms. The third kappa shape index (κ3) is 4.02. The van der Waals surface area contributed by atoms with Crippen molar-refractivity contribution in [1.29, 1.82) is 0 Å². The van der Waals surface area contributed by atoms with E-state index in [1.165, 1.54) is 6.20 Å². The van der Waals surface area contributed by atoms with E-state index in [4.69, 9.17) is 21.1 Å². The Morgan fingerprint density at radius 1 is 1.26 bits per heavy atom. The fourth-order valence-electron chi connectivity index (χ4n) is 3.00. The first kappa shape index (κ1) is 17.7. The average molecular weight is 384 g/mol. The summed E-state index contributed by atoms with van der Waals surface area (Å²) >= 11 is 6.03. The highest BCUT2D eigenvalue weighted by Crippen LogP contribution is 2.27. The maximum absolute atomic E-state index is 12.4. The summed E-state index contributed by atoms with van der Waals surface area (Å²) in [5, 5.41) is 4.95. The first-order chi connectivity index (χ1) is 13.2. The molecule has 3 aromatic rings. The number of nitrogens with one attached hydrogen (secondary N) is 1. The van der Waals surface area contributed by atoms with Crippen LogP contribution in [0, 0.1) is 5.92 Å². The van der Waals surface area contributed by atoms with Gasteiger partial charge in [-0.1, -0.05) is 11.6 Å². The summed E-state index contributed by atoms with van der Waals surface area (Å²) in [5.41, 5.74) is 0.840. The van der Waals surface area contributed by atoms with E-state index in [1.807, 2.05) is 24.3 Å². The Labute approximate surface area is 161 Å². The highest BCUT2D eigenvalue weighted by molar-refractivity contribution is 6.34. The number of benzene rings is 1. The van der Waals surface area contributed by atoms with E-state index in [9.17, 15) is 4.79 Å². The highest BCUT2D eigenvalue weighted by atomic mass is 35.5. The van der Waals surface area contributed by atoms with Crippen molar-refractivity contribution in [1.82, 2.24) is 9.97 Å². The lowest BCUT2D eigenvalue weighted by Gasteiger charge is -2.12. The molecule has 3 heterocycles. The Balaban J connectivity index is 1.52. The molecule has 0 aliphatic carbocycles. The van der Waals surface area contributed by atoms with Crippen molar-refractivity contribution in [3.05, 3.63) is 59.5 Å². The van der Waals surface area contributed by atoms with E-state index >= 15 is 0 Å². The Hall–Kier alpha value is -2.70. The largest absolute Gasteiger partial charge is 0.477 e. The van der Waals surface area contributed by atoms with E-state index < -0.39 is 0 Å². The number of fused-ring (bicyclic) bond motifs is 1. The monoisotopic (exact) mass is 383 g/mol. The van der Waals surface area contributed by atoms with Gasteiger partial charge in [-0.15, -0.1) is 0 Å². The van der Waals surface area contributed by atoms with Crippen LogP contribution in [0.15, 0.2) is 48.8 Å². The number of ether oxygens (including phenoxy) is 2. The molecule has 1 atom stereocenters. The van der Waals surface area contributed by atoms with Crippen molar-refractivity contribution < 1.29 is 14.3 Å². The van der Waals surface area contributed by atoms with E-state index in [0.29, 0.717) is 29.1 Å². The lowest BCUT2D eigenvalue weighted by atomic mass is 10.1. The van der Waals surface area contributed by atoms with Gasteiger partial charge in [0.2, 0.25) is 5.88 Å². The number of pyridine rings is 2. The molecule has 1 fully saturated rings. The maximum atomic E-state index is 12.4. The van der Waals surface area contributed by atoms with Crippen LogP contribution in [-0.2, 0) is 4.74 Å². The molecule has 1 unspecified atom stereocenters. The summed E-state index contributed by atoms with van der Waals surface area (Å²) in [7, 11) is 0. The predicted molar refractivity (Wildman–Crippen MR) is 103 cm³/mol. The lowest BCUT2D eigenvalue weighted by molar-refractivity contribution is 0.102. The molecule has 1 aromatic carbocycles. The summed E-state index contributed by atoms with van der Waals surface area (Å²) in [5.74, 6) is 0.639. The number of hydrogen-bond donors (Lipinski definition) is 1. The number of hydrogen-bond acceptors (Lipinski definition) is 5. The van der Waals surface area contributed by atoms with Crippen LogP contribution in [0.1, 0.15) is 16.9 Å². The fraction of sp³-hybridized carbons (Fsp3) is 0.250. The molecule has 6 nitrogen and oxygen atoms in total. The first-order valence-electron chi connectivity index (χ1n) is 8.72. The number of anilines is 1. The molecule has 0 spiro atoms. The molecule has 2 aromatic heterocycles. The SMILES string of the molecule is O=C(Nc1ccc2c(OCC3CCOC3)nccc2c1)c1ncccc1Cl. The average Bonchev–Trinajstić information content (AvgIpc) is 3.20. The third-order valence-corrected chi connectivity index (χ3v) is 4.74. The second-order valence-corrected chi connectivity index (χ2v) is 6.79. The van der Waals surface area contributed by atoms with Gasteiger partial charge in [-0.3, -0.25) is 4.79 Å². The zero-order valence-corrected chi connectivity index (χ0v) is 15.3. The summed E-state index contributed by atoms with van der Waals surface area (Å²) < 4.78 is 11.3. The van der Waals surface area contributed by atoms with Crippen LogP contribution in [-0.4, -0.2) is 35.7 Å². The van der Waals surface area contributed by atoms with Gasteiger partial charge in [0.25, 0.3) is 5.91 Å². The van der Waals surface area contributed by atoms with Gasteiger partial charge in [0.05, 0.1) is 18.2 Å². The van der Waals surface area contributed by atoms with E-state index in [-0.39, 0.29) is 11.6 Å². The van der Waals surface area contributed by atoms with Gasteiger partial charge < -0.3 is 14.8 Å². The minimum Gasteiger partial charge on any atom is -0.477 e. The van der Waals surface area contributed by atoms with Gasteiger partial charge in [0.1, 0.15) is 5.69 Å². The predicted octanol–water partition coefficient (Wildman–Crippen LogP) is 3.95. The van der Waals surface area contributed by atoms with Crippen molar-refractivity contribution in [2.24, 2.45) is 5.92 Å². The van der Waals surface area contributed by atoms with Crippen molar-refractivity contribution in [2.75, 3.05) is 25.1 Å². The Morgan fingerprint density at radius 2 is 2.19 bits per heavy atom. The number of amides is 1. The summed E-state index contributed by atoms with van der Waals surface area (Å²) in [6, 6.07) is 10.8. The quantitative estimate of drug-likeness (QED) is 0.722. The van der Waals surface area contributed by atoms with Crippen LogP contribution < -0.4 is 10.1 Å². The molecule has 1 amide bonds. The van der Waals surface area contributed by atoms with Crippen molar-refractivity contribution >= 4 is 34.0 Å². The molecule has 0 bridgehead atoms. The van der Waals surface area contributed by atoms with Gasteiger partial charge >= 0.3 is 0 Å². The van der Waals surface area contributed by atoms with Gasteiger partial charge in [-0.05, 0) is 48.2 Å². The molecular weight excluding hydrogens is 366 g/mol. The molecule has 4 rings (SSSR count). The molecular formula is C20H18ClN3O3.